The number of ether oxygens (including phenoxy) is 1. The number of carbonyl (C=O) groups excluding carboxylic acids is 1. The Hall–Kier alpha value is -0.610. The van der Waals surface area contributed by atoms with Crippen molar-refractivity contribution in [2.45, 2.75) is 19.8 Å². The highest BCUT2D eigenvalue weighted by Gasteiger charge is 2.43. The number of hydrogen-bond donors (Lipinski definition) is 0. The summed E-state index contributed by atoms with van der Waals surface area (Å²) in [7, 11) is 1.87. The van der Waals surface area contributed by atoms with E-state index in [2.05, 4.69) is 4.90 Å². The molecule has 16 heavy (non-hydrogen) atoms. The maximum Gasteiger partial charge on any atom is 0.219 e. The molecule has 4 heteroatoms. The SMILES string of the molecule is CC(=O)N(C)CCN1CC2(CCOCC2)C1. The molecular weight excluding hydrogens is 204 g/mol. The lowest BCUT2D eigenvalue weighted by Crippen LogP contribution is -2.59. The van der Waals surface area contributed by atoms with Crippen molar-refractivity contribution in [3.05, 3.63) is 0 Å². The van der Waals surface area contributed by atoms with E-state index in [1.54, 1.807) is 11.8 Å². The molecule has 2 saturated heterocycles. The number of hydrogen-bond acceptors (Lipinski definition) is 3. The van der Waals surface area contributed by atoms with E-state index in [0.29, 0.717) is 5.41 Å². The van der Waals surface area contributed by atoms with Crippen LogP contribution in [0.1, 0.15) is 19.8 Å². The van der Waals surface area contributed by atoms with Gasteiger partial charge in [0.25, 0.3) is 0 Å². The van der Waals surface area contributed by atoms with Crippen LogP contribution in [-0.4, -0.2) is 62.1 Å². The van der Waals surface area contributed by atoms with Crippen molar-refractivity contribution in [1.29, 1.82) is 0 Å². The second-order valence-corrected chi connectivity index (χ2v) is 5.26. The third-order valence-corrected chi connectivity index (χ3v) is 3.96. The second kappa shape index (κ2) is 4.72. The van der Waals surface area contributed by atoms with Gasteiger partial charge in [-0.2, -0.15) is 0 Å². The van der Waals surface area contributed by atoms with Gasteiger partial charge in [0, 0.05) is 58.8 Å². The largest absolute Gasteiger partial charge is 0.381 e. The summed E-state index contributed by atoms with van der Waals surface area (Å²) < 4.78 is 5.39. The molecule has 2 rings (SSSR count). The Labute approximate surface area is 97.5 Å². The first-order chi connectivity index (χ1) is 7.61. The van der Waals surface area contributed by atoms with E-state index in [9.17, 15) is 4.79 Å². The van der Waals surface area contributed by atoms with Crippen molar-refractivity contribution in [2.24, 2.45) is 5.41 Å². The van der Waals surface area contributed by atoms with Crippen LogP contribution in [0.3, 0.4) is 0 Å². The second-order valence-electron chi connectivity index (χ2n) is 5.26. The summed E-state index contributed by atoms with van der Waals surface area (Å²) in [6.45, 7) is 7.74. The summed E-state index contributed by atoms with van der Waals surface area (Å²) in [5, 5.41) is 0. The number of likely N-dealkylation sites (tertiary alicyclic amines) is 1. The quantitative estimate of drug-likeness (QED) is 0.705. The molecule has 0 aromatic heterocycles. The maximum atomic E-state index is 11.0. The van der Waals surface area contributed by atoms with Gasteiger partial charge >= 0.3 is 0 Å². The Bertz CT molecular complexity index is 254. The molecule has 2 fully saturated rings. The van der Waals surface area contributed by atoms with Gasteiger partial charge in [-0.05, 0) is 12.8 Å². The van der Waals surface area contributed by atoms with Gasteiger partial charge in [0.15, 0.2) is 0 Å². The van der Waals surface area contributed by atoms with Gasteiger partial charge in [-0.15, -0.1) is 0 Å². The summed E-state index contributed by atoms with van der Waals surface area (Å²) in [4.78, 5) is 15.3. The van der Waals surface area contributed by atoms with Crippen LogP contribution in [0.2, 0.25) is 0 Å². The summed E-state index contributed by atoms with van der Waals surface area (Å²) in [6, 6.07) is 0. The molecule has 0 N–H and O–H groups in total. The van der Waals surface area contributed by atoms with E-state index in [1.807, 2.05) is 7.05 Å². The van der Waals surface area contributed by atoms with Gasteiger partial charge in [-0.3, -0.25) is 4.79 Å². The third kappa shape index (κ3) is 2.55. The summed E-state index contributed by atoms with van der Waals surface area (Å²) in [6.07, 6.45) is 2.43. The Morgan fingerprint density at radius 1 is 1.38 bits per heavy atom. The molecule has 0 aromatic carbocycles. The first kappa shape index (κ1) is 11.9. The zero-order valence-electron chi connectivity index (χ0n) is 10.4. The summed E-state index contributed by atoms with van der Waals surface area (Å²) in [5.74, 6) is 0.154. The number of rotatable bonds is 3. The van der Waals surface area contributed by atoms with Crippen molar-refractivity contribution in [3.8, 4) is 0 Å². The molecule has 92 valence electrons. The van der Waals surface area contributed by atoms with Crippen LogP contribution in [0.5, 0.6) is 0 Å². The van der Waals surface area contributed by atoms with E-state index >= 15 is 0 Å². The molecule has 2 aliphatic rings. The van der Waals surface area contributed by atoms with Gasteiger partial charge in [-0.1, -0.05) is 0 Å². The van der Waals surface area contributed by atoms with Crippen LogP contribution in [0.15, 0.2) is 0 Å². The van der Waals surface area contributed by atoms with Crippen molar-refractivity contribution >= 4 is 5.91 Å². The van der Waals surface area contributed by atoms with Gasteiger partial charge in [0.1, 0.15) is 0 Å². The van der Waals surface area contributed by atoms with Crippen LogP contribution < -0.4 is 0 Å². The molecule has 0 bridgehead atoms. The first-order valence-electron chi connectivity index (χ1n) is 6.13. The maximum absolute atomic E-state index is 11.0. The molecule has 0 unspecified atom stereocenters. The molecule has 4 nitrogen and oxygen atoms in total. The van der Waals surface area contributed by atoms with Gasteiger partial charge in [0.2, 0.25) is 5.91 Å². The average Bonchev–Trinajstić information content (AvgIpc) is 2.24. The zero-order chi connectivity index (χ0) is 11.6. The van der Waals surface area contributed by atoms with Gasteiger partial charge < -0.3 is 14.5 Å². The van der Waals surface area contributed by atoms with E-state index in [4.69, 9.17) is 4.74 Å². The van der Waals surface area contributed by atoms with Crippen molar-refractivity contribution in [1.82, 2.24) is 9.80 Å². The Morgan fingerprint density at radius 3 is 2.56 bits per heavy atom. The van der Waals surface area contributed by atoms with E-state index in [-0.39, 0.29) is 5.91 Å². The highest BCUT2D eigenvalue weighted by molar-refractivity contribution is 5.72. The zero-order valence-corrected chi connectivity index (χ0v) is 10.4. The molecular formula is C12H22N2O2. The number of amides is 1. The molecule has 1 spiro atoms. The Morgan fingerprint density at radius 2 is 2.00 bits per heavy atom. The van der Waals surface area contributed by atoms with Crippen LogP contribution in [0.4, 0.5) is 0 Å². The lowest BCUT2D eigenvalue weighted by molar-refractivity contribution is -0.128. The Balaban J connectivity index is 1.66. The smallest absolute Gasteiger partial charge is 0.219 e. The normalized spacial score (nSPS) is 24.1. The minimum Gasteiger partial charge on any atom is -0.381 e. The molecule has 2 aliphatic heterocycles. The summed E-state index contributed by atoms with van der Waals surface area (Å²) >= 11 is 0. The van der Waals surface area contributed by atoms with Crippen molar-refractivity contribution in [3.63, 3.8) is 0 Å². The van der Waals surface area contributed by atoms with Gasteiger partial charge in [0.05, 0.1) is 0 Å². The van der Waals surface area contributed by atoms with E-state index < -0.39 is 0 Å². The standard InChI is InChI=1S/C12H22N2O2/c1-11(15)13(2)5-6-14-9-12(10-14)3-7-16-8-4-12/h3-10H2,1-2H3. The Kier molecular flexibility index (Phi) is 3.50. The fourth-order valence-corrected chi connectivity index (χ4v) is 2.63. The van der Waals surface area contributed by atoms with Crippen LogP contribution >= 0.6 is 0 Å². The minimum atomic E-state index is 0.154. The molecule has 1 amide bonds. The third-order valence-electron chi connectivity index (χ3n) is 3.96. The minimum absolute atomic E-state index is 0.154. The lowest BCUT2D eigenvalue weighted by atomic mass is 9.73. The fraction of sp³-hybridized carbons (Fsp3) is 0.917. The highest BCUT2D eigenvalue weighted by Crippen LogP contribution is 2.39. The van der Waals surface area contributed by atoms with Crippen molar-refractivity contribution < 1.29 is 9.53 Å². The van der Waals surface area contributed by atoms with Crippen molar-refractivity contribution in [2.75, 3.05) is 46.4 Å². The summed E-state index contributed by atoms with van der Waals surface area (Å²) in [5.41, 5.74) is 0.549. The lowest BCUT2D eigenvalue weighted by Gasteiger charge is -2.52. The fourth-order valence-electron chi connectivity index (χ4n) is 2.63. The van der Waals surface area contributed by atoms with Crippen LogP contribution in [0.25, 0.3) is 0 Å². The molecule has 0 aromatic rings. The first-order valence-corrected chi connectivity index (χ1v) is 6.13. The number of likely N-dealkylation sites (N-methyl/N-ethyl adjacent to an activating group) is 1. The molecule has 0 radical (unpaired) electrons. The number of carbonyl (C=O) groups is 1. The molecule has 2 heterocycles. The molecule has 0 atom stereocenters. The predicted molar refractivity (Wildman–Crippen MR) is 62.2 cm³/mol. The number of nitrogens with zero attached hydrogens (tertiary/aromatic N) is 2. The van der Waals surface area contributed by atoms with Crippen LogP contribution in [0, 0.1) is 5.41 Å². The van der Waals surface area contributed by atoms with Gasteiger partial charge in [-0.25, -0.2) is 0 Å². The van der Waals surface area contributed by atoms with E-state index in [0.717, 1.165) is 26.3 Å². The average molecular weight is 226 g/mol. The molecule has 0 saturated carbocycles. The monoisotopic (exact) mass is 226 g/mol. The molecule has 0 aliphatic carbocycles. The topological polar surface area (TPSA) is 32.8 Å². The van der Waals surface area contributed by atoms with Crippen LogP contribution in [-0.2, 0) is 9.53 Å². The highest BCUT2D eigenvalue weighted by atomic mass is 16.5. The van der Waals surface area contributed by atoms with E-state index in [1.165, 1.54) is 25.9 Å². The predicted octanol–water partition coefficient (Wildman–Crippen LogP) is 0.577.